The lowest BCUT2D eigenvalue weighted by Crippen LogP contribution is -2.57. The summed E-state index contributed by atoms with van der Waals surface area (Å²) in [6.45, 7) is 0.343. The van der Waals surface area contributed by atoms with Gasteiger partial charge in [0.25, 0.3) is 0 Å². The molecule has 14 heteroatoms. The molecule has 0 fully saturated rings. The Balaban J connectivity index is 3.10. The molecule has 38 heavy (non-hydrogen) atoms. The van der Waals surface area contributed by atoms with Gasteiger partial charge in [-0.1, -0.05) is 30.3 Å². The number of unbranched alkanes of at least 4 members (excludes halogenated alkanes) is 1. The molecule has 4 unspecified atom stereocenters. The Hall–Kier alpha value is -4.04. The molecule has 1 rings (SSSR count). The molecule has 0 aliphatic rings. The predicted octanol–water partition coefficient (Wildman–Crippen LogP) is -2.04. The summed E-state index contributed by atoms with van der Waals surface area (Å²) < 4.78 is 0. The number of carboxylic acids is 2. The Morgan fingerprint density at radius 1 is 0.789 bits per heavy atom. The fourth-order valence-corrected chi connectivity index (χ4v) is 3.46. The van der Waals surface area contributed by atoms with Gasteiger partial charge in [0, 0.05) is 12.8 Å². The Bertz CT molecular complexity index is 974. The lowest BCUT2D eigenvalue weighted by Gasteiger charge is -2.25. The summed E-state index contributed by atoms with van der Waals surface area (Å²) in [6.07, 6.45) is -0.0101. The normalized spacial score (nSPS) is 13.8. The van der Waals surface area contributed by atoms with E-state index in [1.165, 1.54) is 0 Å². The molecule has 1 aromatic carbocycles. The second-order valence-corrected chi connectivity index (χ2v) is 8.71. The number of rotatable bonds is 18. The minimum Gasteiger partial charge on any atom is -0.481 e. The summed E-state index contributed by atoms with van der Waals surface area (Å²) in [5.41, 5.74) is 17.0. The molecular weight excluding hydrogens is 500 g/mol. The summed E-state index contributed by atoms with van der Waals surface area (Å²) >= 11 is 0. The van der Waals surface area contributed by atoms with Crippen molar-refractivity contribution in [1.29, 1.82) is 0 Å². The molecule has 14 nitrogen and oxygen atoms in total. The highest BCUT2D eigenvalue weighted by molar-refractivity contribution is 5.95. The predicted molar refractivity (Wildman–Crippen MR) is 135 cm³/mol. The van der Waals surface area contributed by atoms with Crippen LogP contribution in [0.3, 0.4) is 0 Å². The Morgan fingerprint density at radius 2 is 1.37 bits per heavy atom. The van der Waals surface area contributed by atoms with Crippen molar-refractivity contribution in [2.24, 2.45) is 17.2 Å². The quantitative estimate of drug-likeness (QED) is 0.0953. The minimum absolute atomic E-state index is 0.0249. The summed E-state index contributed by atoms with van der Waals surface area (Å²) in [6, 6.07) is 3.40. The first-order valence-corrected chi connectivity index (χ1v) is 12.1. The van der Waals surface area contributed by atoms with Crippen molar-refractivity contribution in [3.8, 4) is 0 Å². The van der Waals surface area contributed by atoms with E-state index in [4.69, 9.17) is 22.3 Å². The molecule has 0 radical (unpaired) electrons. The monoisotopic (exact) mass is 536 g/mol. The standard InChI is InChI=1S/C24H36N6O8/c25-11-5-4-8-16(28-21(34)15(26)9-10-20(32)33)22(35)29-17(12-14-6-2-1-3-7-14)23(36)30-18(24(37)38)13-19(27)31/h1-3,6-7,15-18H,4-5,8-13,25-26H2,(H2,27,31)(H,28,34)(H,29,35)(H,30,36)(H,32,33)(H,37,38). The third-order valence-corrected chi connectivity index (χ3v) is 5.52. The number of carboxylic acid groups (broad SMARTS) is 2. The molecule has 4 atom stereocenters. The summed E-state index contributed by atoms with van der Waals surface area (Å²) in [5.74, 6) is -5.90. The first kappa shape index (κ1) is 32.0. The Kier molecular flexibility index (Phi) is 14.0. The number of carbonyl (C=O) groups excluding carboxylic acids is 4. The number of aliphatic carboxylic acids is 2. The van der Waals surface area contributed by atoms with Gasteiger partial charge in [-0.2, -0.15) is 0 Å². The van der Waals surface area contributed by atoms with Crippen LogP contribution in [0.15, 0.2) is 30.3 Å². The zero-order chi connectivity index (χ0) is 28.7. The number of amides is 4. The van der Waals surface area contributed by atoms with E-state index in [-0.39, 0.29) is 25.7 Å². The fraction of sp³-hybridized carbons (Fsp3) is 0.500. The highest BCUT2D eigenvalue weighted by atomic mass is 16.4. The molecular formula is C24H36N6O8. The molecule has 0 aromatic heterocycles. The highest BCUT2D eigenvalue weighted by Crippen LogP contribution is 2.08. The van der Waals surface area contributed by atoms with E-state index in [1.54, 1.807) is 30.3 Å². The van der Waals surface area contributed by atoms with Crippen molar-refractivity contribution in [2.45, 2.75) is 69.1 Å². The van der Waals surface area contributed by atoms with Crippen molar-refractivity contribution >= 4 is 35.6 Å². The largest absolute Gasteiger partial charge is 0.481 e. The van der Waals surface area contributed by atoms with Crippen molar-refractivity contribution in [3.63, 3.8) is 0 Å². The van der Waals surface area contributed by atoms with Gasteiger partial charge in [-0.25, -0.2) is 4.79 Å². The van der Waals surface area contributed by atoms with Gasteiger partial charge in [-0.3, -0.25) is 24.0 Å². The van der Waals surface area contributed by atoms with E-state index in [0.29, 0.717) is 24.9 Å². The summed E-state index contributed by atoms with van der Waals surface area (Å²) in [5, 5.41) is 25.4. The van der Waals surface area contributed by atoms with E-state index < -0.39 is 66.2 Å². The Morgan fingerprint density at radius 3 is 1.92 bits per heavy atom. The zero-order valence-electron chi connectivity index (χ0n) is 20.9. The number of primary amides is 1. The van der Waals surface area contributed by atoms with Crippen LogP contribution in [-0.2, 0) is 35.2 Å². The number of benzene rings is 1. The van der Waals surface area contributed by atoms with E-state index >= 15 is 0 Å². The molecule has 0 saturated carbocycles. The number of carbonyl (C=O) groups is 6. The van der Waals surface area contributed by atoms with Gasteiger partial charge in [-0.15, -0.1) is 0 Å². The van der Waals surface area contributed by atoms with Crippen LogP contribution >= 0.6 is 0 Å². The second-order valence-electron chi connectivity index (χ2n) is 8.71. The van der Waals surface area contributed by atoms with Crippen LogP contribution in [-0.4, -0.2) is 76.5 Å². The molecule has 210 valence electrons. The van der Waals surface area contributed by atoms with Crippen LogP contribution in [0.4, 0.5) is 0 Å². The van der Waals surface area contributed by atoms with Crippen LogP contribution in [0.1, 0.15) is 44.1 Å². The lowest BCUT2D eigenvalue weighted by atomic mass is 10.0. The van der Waals surface area contributed by atoms with Crippen LogP contribution < -0.4 is 33.2 Å². The van der Waals surface area contributed by atoms with Crippen LogP contribution in [0.25, 0.3) is 0 Å². The topological polar surface area (TPSA) is 257 Å². The number of hydrogen-bond acceptors (Lipinski definition) is 8. The van der Waals surface area contributed by atoms with Gasteiger partial charge < -0.3 is 43.4 Å². The maximum absolute atomic E-state index is 13.2. The van der Waals surface area contributed by atoms with Crippen LogP contribution in [0.2, 0.25) is 0 Å². The molecule has 0 saturated heterocycles. The van der Waals surface area contributed by atoms with Gasteiger partial charge in [0.05, 0.1) is 12.5 Å². The van der Waals surface area contributed by atoms with E-state index in [0.717, 1.165) is 0 Å². The first-order valence-electron chi connectivity index (χ1n) is 12.1. The van der Waals surface area contributed by atoms with Crippen molar-refractivity contribution < 1.29 is 39.0 Å². The van der Waals surface area contributed by atoms with Gasteiger partial charge in [0.1, 0.15) is 18.1 Å². The molecule has 0 bridgehead atoms. The zero-order valence-corrected chi connectivity index (χ0v) is 20.9. The van der Waals surface area contributed by atoms with Crippen LogP contribution in [0.5, 0.6) is 0 Å². The Labute approximate surface area is 219 Å². The number of hydrogen-bond donors (Lipinski definition) is 8. The molecule has 4 amide bonds. The third-order valence-electron chi connectivity index (χ3n) is 5.52. The van der Waals surface area contributed by atoms with Crippen molar-refractivity contribution in [1.82, 2.24) is 16.0 Å². The van der Waals surface area contributed by atoms with E-state index in [1.807, 2.05) is 0 Å². The van der Waals surface area contributed by atoms with Crippen LogP contribution in [0, 0.1) is 0 Å². The van der Waals surface area contributed by atoms with E-state index in [2.05, 4.69) is 16.0 Å². The highest BCUT2D eigenvalue weighted by Gasteiger charge is 2.31. The number of nitrogens with two attached hydrogens (primary N) is 3. The first-order chi connectivity index (χ1) is 17.9. The fourth-order valence-electron chi connectivity index (χ4n) is 3.46. The van der Waals surface area contributed by atoms with Gasteiger partial charge in [0.2, 0.25) is 23.6 Å². The lowest BCUT2D eigenvalue weighted by molar-refractivity contribution is -0.143. The van der Waals surface area contributed by atoms with Gasteiger partial charge in [0.15, 0.2) is 0 Å². The number of nitrogens with one attached hydrogen (secondary N) is 3. The average Bonchev–Trinajstić information content (AvgIpc) is 2.85. The SMILES string of the molecule is NCCCCC(NC(=O)C(N)CCC(=O)O)C(=O)NC(Cc1ccccc1)C(=O)NC(CC(N)=O)C(=O)O. The molecule has 0 aliphatic heterocycles. The second kappa shape index (κ2) is 16.7. The molecule has 0 heterocycles. The average molecular weight is 537 g/mol. The van der Waals surface area contributed by atoms with Gasteiger partial charge >= 0.3 is 11.9 Å². The van der Waals surface area contributed by atoms with Crippen molar-refractivity contribution in [3.05, 3.63) is 35.9 Å². The molecule has 1 aromatic rings. The third kappa shape index (κ3) is 12.3. The minimum atomic E-state index is -1.61. The summed E-state index contributed by atoms with van der Waals surface area (Å²) in [4.78, 5) is 72.2. The maximum Gasteiger partial charge on any atom is 0.326 e. The summed E-state index contributed by atoms with van der Waals surface area (Å²) in [7, 11) is 0. The molecule has 11 N–H and O–H groups in total. The molecule has 0 aliphatic carbocycles. The maximum atomic E-state index is 13.2. The molecule has 0 spiro atoms. The smallest absolute Gasteiger partial charge is 0.326 e. The van der Waals surface area contributed by atoms with E-state index in [9.17, 15) is 33.9 Å². The van der Waals surface area contributed by atoms with Gasteiger partial charge in [-0.05, 0) is 37.8 Å². The van der Waals surface area contributed by atoms with Crippen molar-refractivity contribution in [2.75, 3.05) is 6.54 Å².